The predicted octanol–water partition coefficient (Wildman–Crippen LogP) is 3.23. The predicted molar refractivity (Wildman–Crippen MR) is 66.7 cm³/mol. The number of unbranched alkanes of at least 4 members (excludes halogenated alkanes) is 1. The van der Waals surface area contributed by atoms with Crippen LogP contribution >= 0.6 is 11.6 Å². The van der Waals surface area contributed by atoms with Crippen LogP contribution in [0.3, 0.4) is 0 Å². The first-order chi connectivity index (χ1) is 7.56. The first-order valence-electron chi connectivity index (χ1n) is 5.68. The van der Waals surface area contributed by atoms with Gasteiger partial charge in [-0.1, -0.05) is 37.4 Å². The van der Waals surface area contributed by atoms with Gasteiger partial charge in [-0.15, -0.1) is 0 Å². The Kier molecular flexibility index (Phi) is 5.26. The molecule has 1 rings (SSSR count). The van der Waals surface area contributed by atoms with Crippen LogP contribution in [0.25, 0.3) is 0 Å². The van der Waals surface area contributed by atoms with Crippen molar-refractivity contribution in [1.82, 2.24) is 0 Å². The van der Waals surface area contributed by atoms with E-state index in [2.05, 4.69) is 6.92 Å². The van der Waals surface area contributed by atoms with E-state index in [4.69, 9.17) is 11.6 Å². The zero-order chi connectivity index (χ0) is 12.1. The van der Waals surface area contributed by atoms with Gasteiger partial charge in [-0.05, 0) is 36.6 Å². The quantitative estimate of drug-likeness (QED) is 0.832. The van der Waals surface area contributed by atoms with Crippen LogP contribution in [0.5, 0.6) is 0 Å². The maximum Gasteiger partial charge on any atom is 0.105 e. The average Bonchev–Trinajstić information content (AvgIpc) is 2.25. The van der Waals surface area contributed by atoms with Crippen molar-refractivity contribution in [2.24, 2.45) is 0 Å². The molecule has 0 amide bonds. The largest absolute Gasteiger partial charge is 0.390 e. The molecule has 0 fully saturated rings. The van der Waals surface area contributed by atoms with Crippen molar-refractivity contribution in [3.05, 3.63) is 34.3 Å². The van der Waals surface area contributed by atoms with Gasteiger partial charge in [0.1, 0.15) is 6.10 Å². The summed E-state index contributed by atoms with van der Waals surface area (Å²) >= 11 is 5.84. The van der Waals surface area contributed by atoms with Crippen LogP contribution in [0.4, 0.5) is 0 Å². The first-order valence-corrected chi connectivity index (χ1v) is 6.06. The first kappa shape index (κ1) is 13.5. The highest BCUT2D eigenvalue weighted by molar-refractivity contribution is 6.30. The van der Waals surface area contributed by atoms with E-state index >= 15 is 0 Å². The standard InChI is InChI=1S/C13H19ClO2/c1-3-4-5-12(15)13(16)11-7-6-10(14)8-9(11)2/h6-8,12-13,15-16H,3-5H2,1-2H3/t12-,13-/m1/s1. The number of hydrogen-bond acceptors (Lipinski definition) is 2. The van der Waals surface area contributed by atoms with E-state index in [9.17, 15) is 10.2 Å². The van der Waals surface area contributed by atoms with E-state index in [0.29, 0.717) is 11.4 Å². The second-order valence-electron chi connectivity index (χ2n) is 4.16. The SMILES string of the molecule is CCCC[C@@H](O)[C@H](O)c1ccc(Cl)cc1C. The summed E-state index contributed by atoms with van der Waals surface area (Å²) in [6.07, 6.45) is 1.05. The Morgan fingerprint density at radius 3 is 2.56 bits per heavy atom. The maximum absolute atomic E-state index is 9.99. The highest BCUT2D eigenvalue weighted by atomic mass is 35.5. The fourth-order valence-corrected chi connectivity index (χ4v) is 1.98. The number of halogens is 1. The third-order valence-corrected chi connectivity index (χ3v) is 3.00. The Hall–Kier alpha value is -0.570. The van der Waals surface area contributed by atoms with Crippen LogP contribution in [-0.2, 0) is 0 Å². The van der Waals surface area contributed by atoms with Gasteiger partial charge in [0.15, 0.2) is 0 Å². The van der Waals surface area contributed by atoms with Gasteiger partial charge in [-0.3, -0.25) is 0 Å². The number of benzene rings is 1. The van der Waals surface area contributed by atoms with Crippen LogP contribution in [0.15, 0.2) is 18.2 Å². The highest BCUT2D eigenvalue weighted by Gasteiger charge is 2.19. The van der Waals surface area contributed by atoms with E-state index < -0.39 is 12.2 Å². The fraction of sp³-hybridized carbons (Fsp3) is 0.538. The number of aliphatic hydroxyl groups is 2. The Bertz CT molecular complexity index is 339. The van der Waals surface area contributed by atoms with Gasteiger partial charge < -0.3 is 10.2 Å². The molecule has 0 saturated carbocycles. The molecule has 0 unspecified atom stereocenters. The van der Waals surface area contributed by atoms with Crippen molar-refractivity contribution in [2.45, 2.75) is 45.3 Å². The van der Waals surface area contributed by atoms with Crippen LogP contribution < -0.4 is 0 Å². The summed E-state index contributed by atoms with van der Waals surface area (Å²) in [4.78, 5) is 0. The van der Waals surface area contributed by atoms with Crippen LogP contribution in [0, 0.1) is 6.92 Å². The molecule has 2 N–H and O–H groups in total. The van der Waals surface area contributed by atoms with E-state index in [1.54, 1.807) is 18.2 Å². The summed E-state index contributed by atoms with van der Waals surface area (Å²) in [6.45, 7) is 3.95. The molecule has 2 atom stereocenters. The van der Waals surface area contributed by atoms with Gasteiger partial charge in [0.25, 0.3) is 0 Å². The molecular weight excluding hydrogens is 224 g/mol. The van der Waals surface area contributed by atoms with Gasteiger partial charge in [0.05, 0.1) is 6.10 Å². The molecule has 16 heavy (non-hydrogen) atoms. The fourth-order valence-electron chi connectivity index (χ4n) is 1.75. The summed E-state index contributed by atoms with van der Waals surface area (Å²) in [6, 6.07) is 5.31. The molecule has 0 aromatic heterocycles. The summed E-state index contributed by atoms with van der Waals surface area (Å²) in [7, 11) is 0. The molecular formula is C13H19ClO2. The maximum atomic E-state index is 9.99. The third kappa shape index (κ3) is 3.48. The molecule has 0 bridgehead atoms. The van der Waals surface area contributed by atoms with Crippen LogP contribution in [-0.4, -0.2) is 16.3 Å². The van der Waals surface area contributed by atoms with Crippen molar-refractivity contribution < 1.29 is 10.2 Å². The lowest BCUT2D eigenvalue weighted by atomic mass is 9.97. The van der Waals surface area contributed by atoms with E-state index in [-0.39, 0.29) is 0 Å². The van der Waals surface area contributed by atoms with E-state index in [1.165, 1.54) is 0 Å². The van der Waals surface area contributed by atoms with Gasteiger partial charge >= 0.3 is 0 Å². The van der Waals surface area contributed by atoms with Crippen molar-refractivity contribution in [3.63, 3.8) is 0 Å². The number of aliphatic hydroxyl groups excluding tert-OH is 2. The van der Waals surface area contributed by atoms with E-state index in [1.807, 2.05) is 6.92 Å². The van der Waals surface area contributed by atoms with Gasteiger partial charge in [-0.25, -0.2) is 0 Å². The average molecular weight is 243 g/mol. The van der Waals surface area contributed by atoms with Crippen molar-refractivity contribution in [3.8, 4) is 0 Å². The summed E-state index contributed by atoms with van der Waals surface area (Å²) < 4.78 is 0. The monoisotopic (exact) mass is 242 g/mol. The molecule has 1 aromatic rings. The molecule has 1 aromatic carbocycles. The minimum Gasteiger partial charge on any atom is -0.390 e. The lowest BCUT2D eigenvalue weighted by Gasteiger charge is -2.19. The van der Waals surface area contributed by atoms with Crippen LogP contribution in [0.1, 0.15) is 43.4 Å². The van der Waals surface area contributed by atoms with Crippen LogP contribution in [0.2, 0.25) is 5.02 Å². The third-order valence-electron chi connectivity index (χ3n) is 2.77. The number of aryl methyl sites for hydroxylation is 1. The van der Waals surface area contributed by atoms with Gasteiger partial charge in [0, 0.05) is 5.02 Å². The molecule has 0 aliphatic rings. The lowest BCUT2D eigenvalue weighted by Crippen LogP contribution is -2.18. The Morgan fingerprint density at radius 1 is 1.31 bits per heavy atom. The second kappa shape index (κ2) is 6.24. The van der Waals surface area contributed by atoms with E-state index in [0.717, 1.165) is 24.0 Å². The van der Waals surface area contributed by atoms with Gasteiger partial charge in [-0.2, -0.15) is 0 Å². The molecule has 0 radical (unpaired) electrons. The zero-order valence-corrected chi connectivity index (χ0v) is 10.5. The highest BCUT2D eigenvalue weighted by Crippen LogP contribution is 2.25. The molecule has 0 heterocycles. The van der Waals surface area contributed by atoms with Crippen molar-refractivity contribution in [2.75, 3.05) is 0 Å². The number of rotatable bonds is 5. The zero-order valence-electron chi connectivity index (χ0n) is 9.78. The molecule has 0 aliphatic carbocycles. The molecule has 0 spiro atoms. The lowest BCUT2D eigenvalue weighted by molar-refractivity contribution is 0.0119. The number of hydrogen-bond donors (Lipinski definition) is 2. The molecule has 2 nitrogen and oxygen atoms in total. The normalized spacial score (nSPS) is 14.8. The second-order valence-corrected chi connectivity index (χ2v) is 4.59. The minimum absolute atomic E-state index is 0.625. The summed E-state index contributed by atoms with van der Waals surface area (Å²) in [5.41, 5.74) is 1.67. The molecule has 3 heteroatoms. The topological polar surface area (TPSA) is 40.5 Å². The Morgan fingerprint density at radius 2 is 2.00 bits per heavy atom. The molecule has 0 saturated heterocycles. The molecule has 90 valence electrons. The summed E-state index contributed by atoms with van der Waals surface area (Å²) in [5, 5.41) is 20.5. The van der Waals surface area contributed by atoms with Gasteiger partial charge in [0.2, 0.25) is 0 Å². The smallest absolute Gasteiger partial charge is 0.105 e. The Balaban J connectivity index is 2.75. The van der Waals surface area contributed by atoms with Crippen molar-refractivity contribution >= 4 is 11.6 Å². The summed E-state index contributed by atoms with van der Waals surface area (Å²) in [5.74, 6) is 0. The Labute approximate surface area is 102 Å². The molecule has 0 aliphatic heterocycles. The van der Waals surface area contributed by atoms with Crippen molar-refractivity contribution in [1.29, 1.82) is 0 Å². The minimum atomic E-state index is -0.816.